The van der Waals surface area contributed by atoms with E-state index in [2.05, 4.69) is 14.1 Å². The molecule has 0 bridgehead atoms. The van der Waals surface area contributed by atoms with Crippen LogP contribution in [0.1, 0.15) is 27.0 Å². The molecular weight excluding hydrogens is 413 g/mol. The van der Waals surface area contributed by atoms with Gasteiger partial charge in [-0.2, -0.15) is 0 Å². The highest BCUT2D eigenvalue weighted by Crippen LogP contribution is 2.39. The molecule has 4 rings (SSSR count). The Labute approximate surface area is 186 Å². The van der Waals surface area contributed by atoms with Crippen LogP contribution in [0.5, 0.6) is 0 Å². The monoisotopic (exact) mass is 442 g/mol. The number of carbonyl (C=O) groups excluding carboxylic acids is 1. The van der Waals surface area contributed by atoms with Crippen LogP contribution in [-0.2, 0) is 27.9 Å². The maximum absolute atomic E-state index is 15.2. The lowest BCUT2D eigenvalue weighted by atomic mass is 9.86. The van der Waals surface area contributed by atoms with Crippen LogP contribution in [0.25, 0.3) is 0 Å². The van der Waals surface area contributed by atoms with Gasteiger partial charge in [-0.1, -0.05) is 24.3 Å². The quantitative estimate of drug-likeness (QED) is 0.510. The summed E-state index contributed by atoms with van der Waals surface area (Å²) in [6.07, 6.45) is 0. The Kier molecular flexibility index (Phi) is 6.78. The summed E-state index contributed by atoms with van der Waals surface area (Å²) >= 11 is 0. The van der Waals surface area contributed by atoms with E-state index in [9.17, 15) is 4.79 Å². The zero-order chi connectivity index (χ0) is 22.0. The van der Waals surface area contributed by atoms with E-state index in [1.165, 1.54) is 7.85 Å². The second-order valence-electron chi connectivity index (χ2n) is 8.60. The second-order valence-corrected chi connectivity index (χ2v) is 9.69. The number of alkyl halides is 1. The molecule has 2 aliphatic heterocycles. The molecule has 1 fully saturated rings. The van der Waals surface area contributed by atoms with Crippen molar-refractivity contribution in [2.45, 2.75) is 18.4 Å². The Bertz CT molecular complexity index is 938. The molecule has 0 N–H and O–H groups in total. The fourth-order valence-corrected chi connectivity index (χ4v) is 4.76. The third-order valence-electron chi connectivity index (χ3n) is 5.93. The SMILES string of the molecule is BC(F)(P)c1cc(CN2CCOCC(COC)C2)cc2c1CN(c1ccccc1)C2=O. The molecule has 3 atom stereocenters. The average molecular weight is 442 g/mol. The van der Waals surface area contributed by atoms with Gasteiger partial charge in [0.25, 0.3) is 5.91 Å². The molecule has 0 saturated carbocycles. The van der Waals surface area contributed by atoms with Crippen LogP contribution in [-0.4, -0.2) is 58.7 Å². The first-order chi connectivity index (χ1) is 14.9. The van der Waals surface area contributed by atoms with Crippen molar-refractivity contribution in [3.8, 4) is 0 Å². The van der Waals surface area contributed by atoms with Gasteiger partial charge in [0, 0.05) is 43.9 Å². The Balaban J connectivity index is 1.64. The maximum Gasteiger partial charge on any atom is 0.258 e. The van der Waals surface area contributed by atoms with Crippen molar-refractivity contribution in [3.63, 3.8) is 0 Å². The van der Waals surface area contributed by atoms with Gasteiger partial charge in [0.05, 0.1) is 26.4 Å². The molecule has 164 valence electrons. The predicted molar refractivity (Wildman–Crippen MR) is 126 cm³/mol. The number of halogens is 1. The third kappa shape index (κ3) is 5.01. The number of hydrogen-bond donors (Lipinski definition) is 0. The topological polar surface area (TPSA) is 42.0 Å². The first-order valence-electron chi connectivity index (χ1n) is 10.7. The van der Waals surface area contributed by atoms with E-state index in [4.69, 9.17) is 9.47 Å². The number of ether oxygens (including phenoxy) is 2. The highest BCUT2D eigenvalue weighted by Gasteiger charge is 2.35. The van der Waals surface area contributed by atoms with Gasteiger partial charge < -0.3 is 14.4 Å². The van der Waals surface area contributed by atoms with Crippen molar-refractivity contribution < 1.29 is 18.7 Å². The summed E-state index contributed by atoms with van der Waals surface area (Å²) in [5, 5.41) is -1.62. The molecule has 5 nitrogen and oxygen atoms in total. The number of rotatable bonds is 6. The molecule has 2 aliphatic rings. The van der Waals surface area contributed by atoms with Crippen molar-refractivity contribution in [3.05, 3.63) is 64.7 Å². The largest absolute Gasteiger partial charge is 0.384 e. The number of benzene rings is 2. The lowest BCUT2D eigenvalue weighted by Crippen LogP contribution is -2.31. The van der Waals surface area contributed by atoms with E-state index in [-0.39, 0.29) is 5.91 Å². The standard InChI is InChI=1S/C23H29BFN2O3P/c1-29-14-17-12-26(7-8-30-15-17)11-16-9-19-20(21(10-16)23(24,25)31)13-27(22(19)28)18-5-3-2-4-6-18/h2-6,9-10,17H,7-8,11-15,24,31H2,1H3. The van der Waals surface area contributed by atoms with E-state index in [1.54, 1.807) is 12.0 Å². The zero-order valence-electron chi connectivity index (χ0n) is 18.1. The highest BCUT2D eigenvalue weighted by molar-refractivity contribution is 7.21. The molecule has 3 unspecified atom stereocenters. The molecule has 1 saturated heterocycles. The number of methoxy groups -OCH3 is 1. The van der Waals surface area contributed by atoms with Crippen molar-refractivity contribution >= 4 is 28.7 Å². The average Bonchev–Trinajstić information content (AvgIpc) is 2.91. The molecule has 0 spiro atoms. The molecule has 31 heavy (non-hydrogen) atoms. The molecule has 0 aromatic heterocycles. The number of hydrogen-bond acceptors (Lipinski definition) is 4. The first-order valence-corrected chi connectivity index (χ1v) is 11.2. The van der Waals surface area contributed by atoms with Crippen LogP contribution in [0.2, 0.25) is 0 Å². The summed E-state index contributed by atoms with van der Waals surface area (Å²) in [4.78, 5) is 17.3. The summed E-state index contributed by atoms with van der Waals surface area (Å²) in [7, 11) is 5.52. The molecule has 0 aliphatic carbocycles. The molecule has 2 aromatic rings. The van der Waals surface area contributed by atoms with E-state index >= 15 is 4.39 Å². The van der Waals surface area contributed by atoms with Gasteiger partial charge in [0.15, 0.2) is 7.85 Å². The van der Waals surface area contributed by atoms with E-state index in [0.29, 0.717) is 50.0 Å². The summed E-state index contributed by atoms with van der Waals surface area (Å²) in [5.74, 6) is 0.222. The minimum Gasteiger partial charge on any atom is -0.384 e. The Morgan fingerprint density at radius 2 is 2.10 bits per heavy atom. The van der Waals surface area contributed by atoms with Gasteiger partial charge in [0.1, 0.15) is 5.31 Å². The van der Waals surface area contributed by atoms with Gasteiger partial charge in [-0.25, -0.2) is 4.39 Å². The van der Waals surface area contributed by atoms with Crippen LogP contribution in [0, 0.1) is 5.92 Å². The van der Waals surface area contributed by atoms with Crippen LogP contribution in [0.4, 0.5) is 10.1 Å². The number of fused-ring (bicyclic) bond motifs is 1. The van der Waals surface area contributed by atoms with Crippen molar-refractivity contribution in [2.24, 2.45) is 5.92 Å². The summed E-state index contributed by atoms with van der Waals surface area (Å²) in [6.45, 7) is 4.65. The highest BCUT2D eigenvalue weighted by atomic mass is 31.0. The first kappa shape index (κ1) is 22.4. The third-order valence-corrected chi connectivity index (χ3v) is 6.24. The fourth-order valence-electron chi connectivity index (χ4n) is 4.50. The minimum atomic E-state index is -1.62. The van der Waals surface area contributed by atoms with Gasteiger partial charge >= 0.3 is 0 Å². The van der Waals surface area contributed by atoms with Crippen LogP contribution < -0.4 is 4.90 Å². The number of amides is 1. The van der Waals surface area contributed by atoms with Gasteiger partial charge in [-0.05, 0) is 34.9 Å². The maximum atomic E-state index is 15.2. The second kappa shape index (κ2) is 9.37. The lowest BCUT2D eigenvalue weighted by Gasteiger charge is -2.25. The molecule has 8 heteroatoms. The normalized spacial score (nSPS) is 21.6. The van der Waals surface area contributed by atoms with Crippen LogP contribution >= 0.6 is 9.24 Å². The Morgan fingerprint density at radius 3 is 2.81 bits per heavy atom. The minimum absolute atomic E-state index is 0.0741. The summed E-state index contributed by atoms with van der Waals surface area (Å²) in [6, 6.07) is 13.4. The van der Waals surface area contributed by atoms with Crippen molar-refractivity contribution in [1.29, 1.82) is 0 Å². The van der Waals surface area contributed by atoms with Crippen LogP contribution in [0.15, 0.2) is 42.5 Å². The Hall–Kier alpha value is -1.79. The molecule has 2 heterocycles. The number of nitrogens with zero attached hydrogens (tertiary/aromatic N) is 2. The molecule has 2 aromatic carbocycles. The fraction of sp³-hybridized carbons (Fsp3) is 0.435. The zero-order valence-corrected chi connectivity index (χ0v) is 19.3. The summed E-state index contributed by atoms with van der Waals surface area (Å²) < 4.78 is 26.2. The van der Waals surface area contributed by atoms with Gasteiger partial charge in [0.2, 0.25) is 0 Å². The van der Waals surface area contributed by atoms with E-state index in [0.717, 1.165) is 29.9 Å². The Morgan fingerprint density at radius 1 is 1.32 bits per heavy atom. The van der Waals surface area contributed by atoms with Gasteiger partial charge in [-0.3, -0.25) is 9.69 Å². The smallest absolute Gasteiger partial charge is 0.258 e. The molecular formula is C23H29BFN2O3P. The summed E-state index contributed by atoms with van der Waals surface area (Å²) in [5.41, 5.74) is 3.71. The lowest BCUT2D eigenvalue weighted by molar-refractivity contribution is 0.0762. The predicted octanol–water partition coefficient (Wildman–Crippen LogP) is 2.53. The van der Waals surface area contributed by atoms with Crippen molar-refractivity contribution in [1.82, 2.24) is 4.90 Å². The molecule has 1 amide bonds. The number of carbonyl (C=O) groups is 1. The van der Waals surface area contributed by atoms with E-state index < -0.39 is 5.31 Å². The van der Waals surface area contributed by atoms with Crippen molar-refractivity contribution in [2.75, 3.05) is 44.9 Å². The van der Waals surface area contributed by atoms with Crippen LogP contribution in [0.3, 0.4) is 0 Å². The van der Waals surface area contributed by atoms with Gasteiger partial charge in [-0.15, -0.1) is 9.24 Å². The number of para-hydroxylation sites is 1. The number of anilines is 1. The molecule has 0 radical (unpaired) electrons. The van der Waals surface area contributed by atoms with E-state index in [1.807, 2.05) is 42.5 Å².